The van der Waals surface area contributed by atoms with E-state index in [0.717, 1.165) is 21.3 Å². The van der Waals surface area contributed by atoms with Crippen molar-refractivity contribution in [2.24, 2.45) is 0 Å². The Morgan fingerprint density at radius 2 is 1.61 bits per heavy atom. The molecule has 0 saturated carbocycles. The lowest BCUT2D eigenvalue weighted by atomic mass is 10.1. The summed E-state index contributed by atoms with van der Waals surface area (Å²) in [5, 5.41) is 2.82. The predicted octanol–water partition coefficient (Wildman–Crippen LogP) is 4.25. The zero-order valence-electron chi connectivity index (χ0n) is 13.2. The van der Waals surface area contributed by atoms with Gasteiger partial charge in [0.05, 0.1) is 5.56 Å². The Morgan fingerprint density at radius 1 is 1.04 bits per heavy atom. The zero-order chi connectivity index (χ0) is 17.0. The first-order chi connectivity index (χ1) is 10.9. The normalized spacial score (nSPS) is 11.7. The van der Waals surface area contributed by atoms with Gasteiger partial charge in [0.1, 0.15) is 0 Å². The molecule has 0 bridgehead atoms. The van der Waals surface area contributed by atoms with Crippen LogP contribution in [0.5, 0.6) is 0 Å². The second-order valence-electron chi connectivity index (χ2n) is 5.31. The van der Waals surface area contributed by atoms with Crippen LogP contribution in [0.1, 0.15) is 28.4 Å². The Labute approximate surface area is 144 Å². The summed E-state index contributed by atoms with van der Waals surface area (Å²) in [4.78, 5) is 24.3. The maximum Gasteiger partial charge on any atom is 0.338 e. The van der Waals surface area contributed by atoms with E-state index in [-0.39, 0.29) is 5.91 Å². The van der Waals surface area contributed by atoms with Gasteiger partial charge >= 0.3 is 5.97 Å². The number of hydrogen-bond acceptors (Lipinski definition) is 3. The largest absolute Gasteiger partial charge is 0.449 e. The minimum atomic E-state index is -0.884. The highest BCUT2D eigenvalue weighted by Gasteiger charge is 2.20. The van der Waals surface area contributed by atoms with Gasteiger partial charge < -0.3 is 10.1 Å². The van der Waals surface area contributed by atoms with Gasteiger partial charge in [-0.05, 0) is 56.2 Å². The number of rotatable bonds is 4. The number of amides is 1. The molecule has 2 aromatic carbocycles. The number of carbonyl (C=O) groups is 2. The Balaban J connectivity index is 2.02. The van der Waals surface area contributed by atoms with Crippen LogP contribution in [0.3, 0.4) is 0 Å². The minimum Gasteiger partial charge on any atom is -0.449 e. The van der Waals surface area contributed by atoms with Crippen LogP contribution < -0.4 is 5.32 Å². The molecule has 120 valence electrons. The summed E-state index contributed by atoms with van der Waals surface area (Å²) in [7, 11) is 0. The summed E-state index contributed by atoms with van der Waals surface area (Å²) in [6.07, 6.45) is -0.884. The molecule has 0 aliphatic heterocycles. The van der Waals surface area contributed by atoms with E-state index in [1.807, 2.05) is 32.0 Å². The highest BCUT2D eigenvalue weighted by Crippen LogP contribution is 2.20. The van der Waals surface area contributed by atoms with E-state index < -0.39 is 12.1 Å². The maximum absolute atomic E-state index is 12.2. The molecule has 5 heteroatoms. The molecule has 0 radical (unpaired) electrons. The molecule has 1 atom stereocenters. The Morgan fingerprint density at radius 3 is 2.17 bits per heavy atom. The first-order valence-electron chi connectivity index (χ1n) is 7.22. The third kappa shape index (κ3) is 4.42. The van der Waals surface area contributed by atoms with Gasteiger partial charge in [-0.2, -0.15) is 0 Å². The lowest BCUT2D eigenvalue weighted by molar-refractivity contribution is -0.123. The quantitative estimate of drug-likeness (QED) is 0.812. The fourth-order valence-corrected chi connectivity index (χ4v) is 2.37. The van der Waals surface area contributed by atoms with E-state index in [9.17, 15) is 9.59 Å². The summed E-state index contributed by atoms with van der Waals surface area (Å²) in [5.74, 6) is -0.880. The number of benzene rings is 2. The molecular weight excluding hydrogens is 358 g/mol. The van der Waals surface area contributed by atoms with Crippen LogP contribution in [0.2, 0.25) is 0 Å². The fraction of sp³-hybridized carbons (Fsp3) is 0.222. The average Bonchev–Trinajstić information content (AvgIpc) is 2.51. The molecule has 0 aromatic heterocycles. The second kappa shape index (κ2) is 7.42. The van der Waals surface area contributed by atoms with E-state index in [0.29, 0.717) is 5.56 Å². The molecule has 1 unspecified atom stereocenters. The number of halogens is 1. The molecule has 23 heavy (non-hydrogen) atoms. The third-order valence-corrected chi connectivity index (χ3v) is 3.99. The van der Waals surface area contributed by atoms with Gasteiger partial charge in [-0.15, -0.1) is 0 Å². The highest BCUT2D eigenvalue weighted by molar-refractivity contribution is 9.10. The monoisotopic (exact) mass is 375 g/mol. The molecule has 0 aliphatic rings. The van der Waals surface area contributed by atoms with Crippen LogP contribution in [0.15, 0.2) is 46.9 Å². The van der Waals surface area contributed by atoms with Crippen molar-refractivity contribution in [3.05, 3.63) is 63.6 Å². The van der Waals surface area contributed by atoms with Gasteiger partial charge in [0, 0.05) is 10.2 Å². The molecule has 0 fully saturated rings. The molecule has 0 heterocycles. The number of aryl methyl sites for hydroxylation is 2. The number of ether oxygens (including phenoxy) is 1. The molecule has 0 saturated heterocycles. The lowest BCUT2D eigenvalue weighted by Gasteiger charge is -2.16. The van der Waals surface area contributed by atoms with E-state index >= 15 is 0 Å². The molecule has 4 nitrogen and oxygen atoms in total. The number of hydrogen-bond donors (Lipinski definition) is 1. The summed E-state index contributed by atoms with van der Waals surface area (Å²) < 4.78 is 6.09. The lowest BCUT2D eigenvalue weighted by Crippen LogP contribution is -2.30. The molecule has 2 rings (SSSR count). The number of carbonyl (C=O) groups excluding carboxylic acids is 2. The Hall–Kier alpha value is -2.14. The highest BCUT2D eigenvalue weighted by atomic mass is 79.9. The van der Waals surface area contributed by atoms with Crippen molar-refractivity contribution < 1.29 is 14.3 Å². The van der Waals surface area contributed by atoms with Gasteiger partial charge in [0.25, 0.3) is 5.91 Å². The maximum atomic E-state index is 12.2. The SMILES string of the molecule is Cc1cccc(C)c1NC(=O)C(C)OC(=O)c1ccc(Br)cc1. The van der Waals surface area contributed by atoms with Crippen LogP contribution in [-0.4, -0.2) is 18.0 Å². The summed E-state index contributed by atoms with van der Waals surface area (Å²) in [6.45, 7) is 5.39. The van der Waals surface area contributed by atoms with Gasteiger partial charge in [-0.1, -0.05) is 34.1 Å². The van der Waals surface area contributed by atoms with Crippen molar-refractivity contribution in [2.45, 2.75) is 26.9 Å². The molecule has 1 amide bonds. The molecule has 0 spiro atoms. The van der Waals surface area contributed by atoms with Crippen LogP contribution in [0.25, 0.3) is 0 Å². The van der Waals surface area contributed by atoms with Gasteiger partial charge in [-0.3, -0.25) is 4.79 Å². The van der Waals surface area contributed by atoms with E-state index in [1.54, 1.807) is 31.2 Å². The smallest absolute Gasteiger partial charge is 0.338 e. The number of esters is 1. The van der Waals surface area contributed by atoms with E-state index in [4.69, 9.17) is 4.74 Å². The van der Waals surface area contributed by atoms with E-state index in [1.165, 1.54) is 0 Å². The van der Waals surface area contributed by atoms with Gasteiger partial charge in [0.15, 0.2) is 6.10 Å². The van der Waals surface area contributed by atoms with Gasteiger partial charge in [0.2, 0.25) is 0 Å². The van der Waals surface area contributed by atoms with Crippen molar-refractivity contribution in [3.63, 3.8) is 0 Å². The first-order valence-corrected chi connectivity index (χ1v) is 8.01. The molecule has 1 N–H and O–H groups in total. The second-order valence-corrected chi connectivity index (χ2v) is 6.23. The third-order valence-electron chi connectivity index (χ3n) is 3.46. The van der Waals surface area contributed by atoms with Crippen molar-refractivity contribution in [1.29, 1.82) is 0 Å². The van der Waals surface area contributed by atoms with Crippen molar-refractivity contribution in [2.75, 3.05) is 5.32 Å². The molecule has 0 aliphatic carbocycles. The van der Waals surface area contributed by atoms with Crippen LogP contribution in [-0.2, 0) is 9.53 Å². The number of para-hydroxylation sites is 1. The first kappa shape index (κ1) is 17.2. The van der Waals surface area contributed by atoms with Crippen LogP contribution in [0, 0.1) is 13.8 Å². The van der Waals surface area contributed by atoms with Crippen molar-refractivity contribution >= 4 is 33.5 Å². The van der Waals surface area contributed by atoms with Crippen LogP contribution >= 0.6 is 15.9 Å². The topological polar surface area (TPSA) is 55.4 Å². The Kier molecular flexibility index (Phi) is 5.55. The van der Waals surface area contributed by atoms with Crippen molar-refractivity contribution in [3.8, 4) is 0 Å². The summed E-state index contributed by atoms with van der Waals surface area (Å²) in [5.41, 5.74) is 3.08. The van der Waals surface area contributed by atoms with Crippen LogP contribution in [0.4, 0.5) is 5.69 Å². The summed E-state index contributed by atoms with van der Waals surface area (Å²) >= 11 is 3.30. The van der Waals surface area contributed by atoms with Crippen molar-refractivity contribution in [1.82, 2.24) is 0 Å². The fourth-order valence-electron chi connectivity index (χ4n) is 2.10. The molecular formula is C18H18BrNO3. The number of anilines is 1. The number of nitrogens with one attached hydrogen (secondary N) is 1. The standard InChI is InChI=1S/C18H18BrNO3/c1-11-5-4-6-12(2)16(11)20-17(21)13(3)23-18(22)14-7-9-15(19)10-8-14/h4-10,13H,1-3H3,(H,20,21). The van der Waals surface area contributed by atoms with E-state index in [2.05, 4.69) is 21.2 Å². The Bertz CT molecular complexity index is 705. The van der Waals surface area contributed by atoms with Gasteiger partial charge in [-0.25, -0.2) is 4.79 Å². The average molecular weight is 376 g/mol. The molecule has 2 aromatic rings. The zero-order valence-corrected chi connectivity index (χ0v) is 14.8. The minimum absolute atomic E-state index is 0.354. The summed E-state index contributed by atoms with van der Waals surface area (Å²) in [6, 6.07) is 12.5. The predicted molar refractivity (Wildman–Crippen MR) is 93.6 cm³/mol.